The molecule has 0 atom stereocenters. The summed E-state index contributed by atoms with van der Waals surface area (Å²) in [4.78, 5) is 19.3. The fraction of sp³-hybridized carbons (Fsp3) is 0.300. The molecule has 0 saturated heterocycles. The summed E-state index contributed by atoms with van der Waals surface area (Å²) in [5.74, 6) is 0.210. The molecule has 0 bridgehead atoms. The molecule has 0 spiro atoms. The smallest absolute Gasteiger partial charge is 0.413 e. The van der Waals surface area contributed by atoms with Gasteiger partial charge in [-0.15, -0.1) is 10.2 Å². The minimum atomic E-state index is -0.553. The van der Waals surface area contributed by atoms with Crippen LogP contribution >= 0.6 is 23.1 Å². The van der Waals surface area contributed by atoms with Crippen molar-refractivity contribution in [1.29, 1.82) is 0 Å². The van der Waals surface area contributed by atoms with Crippen molar-refractivity contribution in [2.24, 2.45) is 0 Å². The van der Waals surface area contributed by atoms with Gasteiger partial charge < -0.3 is 10.5 Å². The summed E-state index contributed by atoms with van der Waals surface area (Å²) >= 11 is 2.52. The fourth-order valence-corrected chi connectivity index (χ4v) is 3.01. The van der Waals surface area contributed by atoms with E-state index in [4.69, 9.17) is 10.5 Å². The first-order chi connectivity index (χ1) is 9.56. The van der Waals surface area contributed by atoms with Crippen LogP contribution in [0.5, 0.6) is 0 Å². The zero-order valence-corrected chi connectivity index (χ0v) is 12.4. The Bertz CT molecular complexity index is 597. The molecular weight excluding hydrogens is 300 g/mol. The van der Waals surface area contributed by atoms with Crippen LogP contribution in [0.3, 0.4) is 0 Å². The number of nitrogens with one attached hydrogen (secondary N) is 1. The van der Waals surface area contributed by atoms with Crippen molar-refractivity contribution in [3.05, 3.63) is 11.8 Å². The molecule has 2 heterocycles. The van der Waals surface area contributed by atoms with E-state index in [-0.39, 0.29) is 5.95 Å². The van der Waals surface area contributed by atoms with Crippen molar-refractivity contribution in [3.63, 3.8) is 0 Å². The van der Waals surface area contributed by atoms with E-state index in [1.54, 1.807) is 13.0 Å². The van der Waals surface area contributed by atoms with Gasteiger partial charge in [-0.3, -0.25) is 5.32 Å². The summed E-state index contributed by atoms with van der Waals surface area (Å²) in [6.45, 7) is 3.85. The van der Waals surface area contributed by atoms with Crippen molar-refractivity contribution in [1.82, 2.24) is 20.2 Å². The minimum absolute atomic E-state index is 0.210. The van der Waals surface area contributed by atoms with Gasteiger partial charge in [-0.1, -0.05) is 11.3 Å². The largest absolute Gasteiger partial charge is 0.450 e. The zero-order chi connectivity index (χ0) is 14.5. The number of anilines is 2. The lowest BCUT2D eigenvalue weighted by molar-refractivity contribution is 0.168. The molecular formula is C10H12N6O2S2. The van der Waals surface area contributed by atoms with E-state index < -0.39 is 6.09 Å². The molecule has 0 aromatic carbocycles. The van der Waals surface area contributed by atoms with Crippen molar-refractivity contribution in [2.75, 3.05) is 17.7 Å². The normalized spacial score (nSPS) is 10.3. The van der Waals surface area contributed by atoms with Crippen LogP contribution in [0.2, 0.25) is 0 Å². The van der Waals surface area contributed by atoms with Gasteiger partial charge in [-0.2, -0.15) is 0 Å². The highest BCUT2D eigenvalue weighted by Crippen LogP contribution is 2.31. The first-order valence-corrected chi connectivity index (χ1v) is 7.26. The summed E-state index contributed by atoms with van der Waals surface area (Å²) in [5.41, 5.74) is 6.35. The molecule has 0 fully saturated rings. The number of rotatable bonds is 4. The van der Waals surface area contributed by atoms with E-state index in [9.17, 15) is 4.79 Å². The third kappa shape index (κ3) is 4.03. The number of carbonyl (C=O) groups is 1. The lowest BCUT2D eigenvalue weighted by atomic mass is 10.5. The number of hydrogen-bond donors (Lipinski definition) is 2. The van der Waals surface area contributed by atoms with E-state index in [0.717, 1.165) is 5.69 Å². The van der Waals surface area contributed by atoms with Crippen molar-refractivity contribution < 1.29 is 9.53 Å². The first-order valence-electron chi connectivity index (χ1n) is 5.63. The molecule has 1 amide bonds. The molecule has 2 aromatic heterocycles. The maximum absolute atomic E-state index is 11.2. The Morgan fingerprint density at radius 2 is 2.30 bits per heavy atom. The lowest BCUT2D eigenvalue weighted by Crippen LogP contribution is -2.12. The van der Waals surface area contributed by atoms with Gasteiger partial charge in [0.25, 0.3) is 0 Å². The number of nitrogen functional groups attached to an aromatic ring is 1. The monoisotopic (exact) mass is 312 g/mol. The maximum atomic E-state index is 11.2. The number of hydrogen-bond acceptors (Lipinski definition) is 9. The first kappa shape index (κ1) is 14.5. The topological polar surface area (TPSA) is 116 Å². The Kier molecular flexibility index (Phi) is 4.69. The lowest BCUT2D eigenvalue weighted by Gasteiger charge is -2.00. The van der Waals surface area contributed by atoms with Gasteiger partial charge in [0.2, 0.25) is 11.1 Å². The van der Waals surface area contributed by atoms with Crippen LogP contribution in [0, 0.1) is 6.92 Å². The molecule has 20 heavy (non-hydrogen) atoms. The molecule has 0 aliphatic heterocycles. The predicted octanol–water partition coefficient (Wildman–Crippen LogP) is 1.94. The number of nitrogens with two attached hydrogens (primary N) is 1. The summed E-state index contributed by atoms with van der Waals surface area (Å²) in [6, 6.07) is 1.79. The van der Waals surface area contributed by atoms with Crippen molar-refractivity contribution >= 4 is 40.3 Å². The second-order valence-electron chi connectivity index (χ2n) is 3.53. The highest BCUT2D eigenvalue weighted by Gasteiger charge is 2.11. The van der Waals surface area contributed by atoms with E-state index in [1.165, 1.54) is 23.1 Å². The molecule has 2 aromatic rings. The van der Waals surface area contributed by atoms with Crippen LogP contribution in [0.4, 0.5) is 15.9 Å². The van der Waals surface area contributed by atoms with Gasteiger partial charge in [0.1, 0.15) is 5.03 Å². The molecule has 2 rings (SSSR count). The van der Waals surface area contributed by atoms with Gasteiger partial charge in [-0.25, -0.2) is 14.8 Å². The number of ether oxygens (including phenoxy) is 1. The van der Waals surface area contributed by atoms with Gasteiger partial charge in [0.05, 0.1) is 6.61 Å². The van der Waals surface area contributed by atoms with Crippen LogP contribution in [-0.2, 0) is 4.74 Å². The van der Waals surface area contributed by atoms with Gasteiger partial charge in [-0.05, 0) is 31.7 Å². The van der Waals surface area contributed by atoms with E-state index in [2.05, 4.69) is 25.5 Å². The highest BCUT2D eigenvalue weighted by atomic mass is 32.2. The summed E-state index contributed by atoms with van der Waals surface area (Å²) in [7, 11) is 0. The van der Waals surface area contributed by atoms with E-state index in [0.29, 0.717) is 21.1 Å². The fourth-order valence-electron chi connectivity index (χ4n) is 1.26. The highest BCUT2D eigenvalue weighted by molar-refractivity contribution is 8.01. The number of nitrogens with zero attached hydrogens (tertiary/aromatic N) is 4. The van der Waals surface area contributed by atoms with Crippen LogP contribution in [0.25, 0.3) is 0 Å². The van der Waals surface area contributed by atoms with Crippen LogP contribution in [0.1, 0.15) is 12.6 Å². The maximum Gasteiger partial charge on any atom is 0.413 e. The molecule has 10 heteroatoms. The Labute approximate surface area is 123 Å². The van der Waals surface area contributed by atoms with E-state index in [1.807, 2.05) is 6.92 Å². The SMILES string of the molecule is CCOC(=O)Nc1nnc(Sc2cc(C)nc(N)n2)s1. The minimum Gasteiger partial charge on any atom is -0.450 e. The second kappa shape index (κ2) is 6.48. The Balaban J connectivity index is 2.03. The number of amides is 1. The van der Waals surface area contributed by atoms with Gasteiger partial charge >= 0.3 is 6.09 Å². The van der Waals surface area contributed by atoms with Gasteiger partial charge in [0, 0.05) is 5.69 Å². The molecule has 0 aliphatic rings. The van der Waals surface area contributed by atoms with Crippen LogP contribution in [-0.4, -0.2) is 32.9 Å². The average molecular weight is 312 g/mol. The Hall–Kier alpha value is -1.94. The van der Waals surface area contributed by atoms with E-state index >= 15 is 0 Å². The number of aryl methyl sites for hydroxylation is 1. The quantitative estimate of drug-likeness (QED) is 0.650. The standard InChI is InChI=1S/C10H12N6O2S2/c1-3-18-9(17)14-8-15-16-10(20-8)19-6-4-5(2)12-7(11)13-6/h4H,3H2,1-2H3,(H2,11,12,13)(H,14,15,17). The average Bonchev–Trinajstić information content (AvgIpc) is 2.75. The number of aromatic nitrogens is 4. The van der Waals surface area contributed by atoms with Gasteiger partial charge in [0.15, 0.2) is 4.34 Å². The Morgan fingerprint density at radius 3 is 3.00 bits per heavy atom. The van der Waals surface area contributed by atoms with Crippen molar-refractivity contribution in [2.45, 2.75) is 23.2 Å². The molecule has 0 aliphatic carbocycles. The molecule has 3 N–H and O–H groups in total. The summed E-state index contributed by atoms with van der Waals surface area (Å²) in [5, 5.41) is 11.3. The third-order valence-corrected chi connectivity index (χ3v) is 3.74. The zero-order valence-electron chi connectivity index (χ0n) is 10.8. The molecule has 106 valence electrons. The number of carbonyl (C=O) groups excluding carboxylic acids is 1. The Morgan fingerprint density at radius 1 is 1.50 bits per heavy atom. The molecule has 0 unspecified atom stereocenters. The molecule has 0 radical (unpaired) electrons. The van der Waals surface area contributed by atoms with Crippen LogP contribution in [0.15, 0.2) is 15.4 Å². The predicted molar refractivity (Wildman–Crippen MR) is 75.9 cm³/mol. The van der Waals surface area contributed by atoms with Crippen LogP contribution < -0.4 is 11.1 Å². The third-order valence-electron chi connectivity index (χ3n) is 1.93. The molecule has 0 saturated carbocycles. The molecule has 8 nitrogen and oxygen atoms in total. The van der Waals surface area contributed by atoms with Crippen molar-refractivity contribution in [3.8, 4) is 0 Å². The summed E-state index contributed by atoms with van der Waals surface area (Å²) < 4.78 is 5.38. The summed E-state index contributed by atoms with van der Waals surface area (Å²) in [6.07, 6.45) is -0.553. The second-order valence-corrected chi connectivity index (χ2v) is 5.77.